The second-order valence-corrected chi connectivity index (χ2v) is 9.25. The highest BCUT2D eigenvalue weighted by molar-refractivity contribution is 7.89. The van der Waals surface area contributed by atoms with E-state index in [0.717, 1.165) is 36.1 Å². The quantitative estimate of drug-likeness (QED) is 0.829. The van der Waals surface area contributed by atoms with Crippen molar-refractivity contribution in [2.75, 3.05) is 11.4 Å². The van der Waals surface area contributed by atoms with E-state index in [9.17, 15) is 13.2 Å². The van der Waals surface area contributed by atoms with Crippen LogP contribution in [0.15, 0.2) is 47.4 Å². The number of sulfonamides is 1. The molecule has 1 saturated carbocycles. The van der Waals surface area contributed by atoms with Gasteiger partial charge in [-0.05, 0) is 54.7 Å². The van der Waals surface area contributed by atoms with Gasteiger partial charge in [0.15, 0.2) is 0 Å². The van der Waals surface area contributed by atoms with E-state index in [-0.39, 0.29) is 23.3 Å². The molecule has 1 N–H and O–H groups in total. The number of carbonyl (C=O) groups excluding carboxylic acids is 1. The molecule has 1 heterocycles. The van der Waals surface area contributed by atoms with Crippen LogP contribution in [0.4, 0.5) is 5.69 Å². The topological polar surface area (TPSA) is 66.5 Å². The molecule has 0 saturated heterocycles. The molecule has 0 radical (unpaired) electrons. The van der Waals surface area contributed by atoms with Crippen molar-refractivity contribution in [1.29, 1.82) is 0 Å². The third-order valence-electron chi connectivity index (χ3n) is 5.39. The summed E-state index contributed by atoms with van der Waals surface area (Å²) in [4.78, 5) is 14.6. The molecule has 0 unspecified atom stereocenters. The summed E-state index contributed by atoms with van der Waals surface area (Å²) in [6, 6.07) is 12.1. The van der Waals surface area contributed by atoms with Gasteiger partial charge in [0, 0.05) is 29.7 Å². The molecule has 1 aliphatic carbocycles. The minimum absolute atomic E-state index is 0.130. The highest BCUT2D eigenvalue weighted by Gasteiger charge is 2.33. The van der Waals surface area contributed by atoms with Gasteiger partial charge in [0.1, 0.15) is 0 Å². The predicted molar refractivity (Wildman–Crippen MR) is 105 cm³/mol. The lowest BCUT2D eigenvalue weighted by atomic mass is 9.84. The fourth-order valence-electron chi connectivity index (χ4n) is 3.55. The Morgan fingerprint density at radius 2 is 1.96 bits per heavy atom. The Kier molecular flexibility index (Phi) is 4.97. The van der Waals surface area contributed by atoms with Gasteiger partial charge in [0.05, 0.1) is 4.90 Å². The number of hydrogen-bond donors (Lipinski definition) is 1. The van der Waals surface area contributed by atoms with Crippen molar-refractivity contribution in [3.05, 3.63) is 58.6 Å². The number of nitrogens with zero attached hydrogens (tertiary/aromatic N) is 1. The average molecular weight is 405 g/mol. The summed E-state index contributed by atoms with van der Waals surface area (Å²) in [6.07, 6.45) is 3.72. The van der Waals surface area contributed by atoms with Crippen LogP contribution >= 0.6 is 11.6 Å². The van der Waals surface area contributed by atoms with Crippen LogP contribution in [0.2, 0.25) is 5.02 Å². The Balaban J connectivity index is 1.51. The maximum atomic E-state index is 12.7. The zero-order valence-corrected chi connectivity index (χ0v) is 16.4. The highest BCUT2D eigenvalue weighted by atomic mass is 35.5. The third kappa shape index (κ3) is 3.61. The fourth-order valence-corrected chi connectivity index (χ4v) is 4.81. The molecule has 2 aromatic carbocycles. The van der Waals surface area contributed by atoms with Gasteiger partial charge in [0.25, 0.3) is 0 Å². The number of amides is 1. The minimum atomic E-state index is -3.66. The molecular formula is C20H21ClN2O3S. The largest absolute Gasteiger partial charge is 0.312 e. The van der Waals surface area contributed by atoms with E-state index in [1.165, 1.54) is 0 Å². The number of rotatable bonds is 5. The number of carbonyl (C=O) groups is 1. The number of fused-ring (bicyclic) bond motifs is 1. The third-order valence-corrected chi connectivity index (χ3v) is 7.16. The number of hydrogen-bond acceptors (Lipinski definition) is 3. The molecule has 2 aliphatic rings. The fraction of sp³-hybridized carbons (Fsp3) is 0.350. The number of nitrogens with one attached hydrogen (secondary N) is 1. The van der Waals surface area contributed by atoms with Crippen LogP contribution in [0.5, 0.6) is 0 Å². The molecule has 0 aromatic heterocycles. The predicted octanol–water partition coefficient (Wildman–Crippen LogP) is 3.51. The molecule has 0 bridgehead atoms. The first kappa shape index (κ1) is 18.5. The normalized spacial score (nSPS) is 16.9. The summed E-state index contributed by atoms with van der Waals surface area (Å²) < 4.78 is 27.9. The molecule has 142 valence electrons. The molecule has 0 atom stereocenters. The van der Waals surface area contributed by atoms with Crippen LogP contribution in [0.1, 0.15) is 30.4 Å². The summed E-state index contributed by atoms with van der Waals surface area (Å²) in [5.41, 5.74) is 2.47. The van der Waals surface area contributed by atoms with E-state index in [1.807, 2.05) is 11.0 Å². The van der Waals surface area contributed by atoms with Crippen LogP contribution in [0.3, 0.4) is 0 Å². The lowest BCUT2D eigenvalue weighted by Crippen LogP contribution is -2.37. The monoisotopic (exact) mass is 404 g/mol. The minimum Gasteiger partial charge on any atom is -0.312 e. The maximum Gasteiger partial charge on any atom is 0.240 e. The molecule has 1 aliphatic heterocycles. The highest BCUT2D eigenvalue weighted by Crippen LogP contribution is 2.35. The molecule has 5 nitrogen and oxygen atoms in total. The lowest BCUT2D eigenvalue weighted by Gasteiger charge is -2.29. The van der Waals surface area contributed by atoms with Gasteiger partial charge in [-0.15, -0.1) is 0 Å². The number of halogens is 1. The van der Waals surface area contributed by atoms with Gasteiger partial charge in [-0.3, -0.25) is 4.79 Å². The molecule has 4 rings (SSSR count). The van der Waals surface area contributed by atoms with Crippen molar-refractivity contribution in [1.82, 2.24) is 4.72 Å². The van der Waals surface area contributed by atoms with E-state index < -0.39 is 10.0 Å². The van der Waals surface area contributed by atoms with E-state index in [4.69, 9.17) is 11.6 Å². The Labute approximate surface area is 164 Å². The second kappa shape index (κ2) is 7.26. The molecule has 2 aromatic rings. The Morgan fingerprint density at radius 3 is 2.67 bits per heavy atom. The van der Waals surface area contributed by atoms with Gasteiger partial charge in [-0.2, -0.15) is 0 Å². The summed E-state index contributed by atoms with van der Waals surface area (Å²) >= 11 is 6.09. The summed E-state index contributed by atoms with van der Waals surface area (Å²) in [5, 5.41) is 0.527. The van der Waals surface area contributed by atoms with Crippen molar-refractivity contribution in [2.24, 2.45) is 5.92 Å². The molecular weight excluding hydrogens is 384 g/mol. The summed E-state index contributed by atoms with van der Waals surface area (Å²) in [6.45, 7) is 0.757. The van der Waals surface area contributed by atoms with E-state index >= 15 is 0 Å². The Hall–Kier alpha value is -1.89. The summed E-state index contributed by atoms with van der Waals surface area (Å²) in [5.74, 6) is 0.309. The van der Waals surface area contributed by atoms with Crippen molar-refractivity contribution in [3.8, 4) is 0 Å². The van der Waals surface area contributed by atoms with E-state index in [2.05, 4.69) is 4.72 Å². The zero-order chi connectivity index (χ0) is 19.0. The van der Waals surface area contributed by atoms with Crippen molar-refractivity contribution >= 4 is 33.2 Å². The van der Waals surface area contributed by atoms with Crippen LogP contribution in [-0.2, 0) is 27.8 Å². The van der Waals surface area contributed by atoms with Gasteiger partial charge in [-0.1, -0.05) is 36.2 Å². The first-order valence-electron chi connectivity index (χ1n) is 9.13. The molecule has 27 heavy (non-hydrogen) atoms. The molecule has 7 heteroatoms. The van der Waals surface area contributed by atoms with Crippen LogP contribution in [-0.4, -0.2) is 20.9 Å². The molecule has 1 amide bonds. The van der Waals surface area contributed by atoms with Crippen LogP contribution in [0.25, 0.3) is 0 Å². The average Bonchev–Trinajstić information content (AvgIpc) is 3.03. The van der Waals surface area contributed by atoms with Gasteiger partial charge < -0.3 is 4.90 Å². The van der Waals surface area contributed by atoms with Crippen LogP contribution in [0, 0.1) is 5.92 Å². The number of benzene rings is 2. The standard InChI is InChI=1S/C20H21ClN2O3S/c21-18-7-2-1-4-16(18)13-22-27(25,26)17-8-9-19-15(12-17)10-11-23(19)20(24)14-5-3-6-14/h1-2,4,7-9,12,14,22H,3,5-6,10-11,13H2. The number of anilines is 1. The van der Waals surface area contributed by atoms with Gasteiger partial charge in [0.2, 0.25) is 15.9 Å². The van der Waals surface area contributed by atoms with E-state index in [0.29, 0.717) is 18.0 Å². The lowest BCUT2D eigenvalue weighted by molar-refractivity contribution is -0.124. The second-order valence-electron chi connectivity index (χ2n) is 7.07. The van der Waals surface area contributed by atoms with Crippen molar-refractivity contribution < 1.29 is 13.2 Å². The SMILES string of the molecule is O=C(C1CCC1)N1CCc2cc(S(=O)(=O)NCc3ccccc3Cl)ccc21. The smallest absolute Gasteiger partial charge is 0.240 e. The first-order chi connectivity index (χ1) is 13.0. The van der Waals surface area contributed by atoms with E-state index in [1.54, 1.807) is 36.4 Å². The molecule has 1 fully saturated rings. The van der Waals surface area contributed by atoms with Gasteiger partial charge >= 0.3 is 0 Å². The van der Waals surface area contributed by atoms with Crippen molar-refractivity contribution in [3.63, 3.8) is 0 Å². The Morgan fingerprint density at radius 1 is 1.19 bits per heavy atom. The summed E-state index contributed by atoms with van der Waals surface area (Å²) in [7, 11) is -3.66. The van der Waals surface area contributed by atoms with Crippen molar-refractivity contribution in [2.45, 2.75) is 37.1 Å². The zero-order valence-electron chi connectivity index (χ0n) is 14.8. The first-order valence-corrected chi connectivity index (χ1v) is 11.0. The molecule has 0 spiro atoms. The van der Waals surface area contributed by atoms with Gasteiger partial charge in [-0.25, -0.2) is 13.1 Å². The van der Waals surface area contributed by atoms with Crippen LogP contribution < -0.4 is 9.62 Å². The Bertz CT molecular complexity index is 986. The maximum absolute atomic E-state index is 12.7.